The highest BCUT2D eigenvalue weighted by Crippen LogP contribution is 2.30. The first-order valence-corrected chi connectivity index (χ1v) is 10.6. The number of halogens is 1. The van der Waals surface area contributed by atoms with Crippen LogP contribution in [0.1, 0.15) is 17.0 Å². The van der Waals surface area contributed by atoms with E-state index in [2.05, 4.69) is 19.9 Å². The van der Waals surface area contributed by atoms with E-state index >= 15 is 4.39 Å². The van der Waals surface area contributed by atoms with Crippen LogP contribution in [0.5, 0.6) is 0 Å². The number of rotatable bonds is 7. The summed E-state index contributed by atoms with van der Waals surface area (Å²) in [6.07, 6.45) is 0.0523. The zero-order valence-corrected chi connectivity index (χ0v) is 16.2. The number of aromatic amines is 1. The fraction of sp³-hybridized carbons (Fsp3) is 0.143. The Hall–Kier alpha value is -3.10. The van der Waals surface area contributed by atoms with Crippen LogP contribution < -0.4 is 4.72 Å². The maximum atomic E-state index is 15.4. The highest BCUT2D eigenvalue weighted by molar-refractivity contribution is 7.89. The number of nitrogens with one attached hydrogen (secondary N) is 2. The number of fused-ring (bicyclic) bond motifs is 1. The van der Waals surface area contributed by atoms with Gasteiger partial charge in [0.1, 0.15) is 6.17 Å². The second kappa shape index (κ2) is 8.10. The standard InChI is InChI=1S/C21H19FN4O2S/c22-18(19(15-8-3-1-4-9-15)16-10-5-2-6-11-16)14-24-29(27,28)21-17-12-7-13-23-20(17)25-26-21/h1-13,18-19,24H,14H2,(H,23,25,26). The Kier molecular flexibility index (Phi) is 5.37. The van der Waals surface area contributed by atoms with Crippen molar-refractivity contribution in [3.05, 3.63) is 90.1 Å². The molecule has 29 heavy (non-hydrogen) atoms. The van der Waals surface area contributed by atoms with Crippen molar-refractivity contribution in [3.8, 4) is 0 Å². The molecular formula is C21H19FN4O2S. The third-order valence-corrected chi connectivity index (χ3v) is 6.11. The predicted octanol–water partition coefficient (Wildman–Crippen LogP) is 3.41. The van der Waals surface area contributed by atoms with Crippen LogP contribution in [0.2, 0.25) is 0 Å². The van der Waals surface area contributed by atoms with E-state index in [1.54, 1.807) is 12.1 Å². The molecule has 0 aliphatic rings. The molecule has 2 aromatic heterocycles. The van der Waals surface area contributed by atoms with E-state index in [0.717, 1.165) is 11.1 Å². The third kappa shape index (κ3) is 4.03. The predicted molar refractivity (Wildman–Crippen MR) is 109 cm³/mol. The van der Waals surface area contributed by atoms with Crippen molar-refractivity contribution >= 4 is 21.1 Å². The van der Waals surface area contributed by atoms with Crippen molar-refractivity contribution in [2.24, 2.45) is 0 Å². The number of pyridine rings is 1. The highest BCUT2D eigenvalue weighted by atomic mass is 32.2. The Morgan fingerprint density at radius 2 is 1.55 bits per heavy atom. The minimum absolute atomic E-state index is 0.122. The van der Waals surface area contributed by atoms with Gasteiger partial charge in [0, 0.05) is 18.7 Å². The van der Waals surface area contributed by atoms with Gasteiger partial charge in [0.05, 0.1) is 5.39 Å². The van der Waals surface area contributed by atoms with Crippen molar-refractivity contribution in [3.63, 3.8) is 0 Å². The molecule has 0 aliphatic heterocycles. The van der Waals surface area contributed by atoms with Gasteiger partial charge in [-0.2, -0.15) is 5.10 Å². The van der Waals surface area contributed by atoms with Crippen LogP contribution in [0.4, 0.5) is 4.39 Å². The molecule has 0 spiro atoms. The van der Waals surface area contributed by atoms with E-state index in [-0.39, 0.29) is 17.2 Å². The van der Waals surface area contributed by atoms with Gasteiger partial charge in [-0.3, -0.25) is 5.10 Å². The Balaban J connectivity index is 1.59. The lowest BCUT2D eigenvalue weighted by Crippen LogP contribution is -2.34. The van der Waals surface area contributed by atoms with Crippen molar-refractivity contribution in [1.29, 1.82) is 0 Å². The second-order valence-electron chi connectivity index (χ2n) is 6.59. The Morgan fingerprint density at radius 1 is 0.931 bits per heavy atom. The molecular weight excluding hydrogens is 391 g/mol. The van der Waals surface area contributed by atoms with Crippen molar-refractivity contribution in [2.75, 3.05) is 6.54 Å². The lowest BCUT2D eigenvalue weighted by molar-refractivity contribution is 0.303. The zero-order valence-electron chi connectivity index (χ0n) is 15.4. The second-order valence-corrected chi connectivity index (χ2v) is 8.30. The molecule has 6 nitrogen and oxygen atoms in total. The van der Waals surface area contributed by atoms with Gasteiger partial charge in [0.15, 0.2) is 10.7 Å². The summed E-state index contributed by atoms with van der Waals surface area (Å²) in [5, 5.41) is 6.62. The molecule has 2 N–H and O–H groups in total. The van der Waals surface area contributed by atoms with E-state index in [9.17, 15) is 8.42 Å². The first-order chi connectivity index (χ1) is 14.1. The Morgan fingerprint density at radius 3 is 2.17 bits per heavy atom. The van der Waals surface area contributed by atoms with Gasteiger partial charge in [0.25, 0.3) is 10.0 Å². The number of aromatic nitrogens is 3. The van der Waals surface area contributed by atoms with E-state index in [4.69, 9.17) is 0 Å². The van der Waals surface area contributed by atoms with Crippen molar-refractivity contribution in [1.82, 2.24) is 19.9 Å². The summed E-state index contributed by atoms with van der Waals surface area (Å²) in [5.41, 5.74) is 1.85. The monoisotopic (exact) mass is 410 g/mol. The number of alkyl halides is 1. The van der Waals surface area contributed by atoms with Crippen LogP contribution in [0.3, 0.4) is 0 Å². The van der Waals surface area contributed by atoms with Gasteiger partial charge in [0.2, 0.25) is 0 Å². The van der Waals surface area contributed by atoms with Crippen LogP contribution in [0.15, 0.2) is 84.0 Å². The molecule has 0 amide bonds. The number of sulfonamides is 1. The number of nitrogens with zero attached hydrogens (tertiary/aromatic N) is 2. The highest BCUT2D eigenvalue weighted by Gasteiger charge is 2.28. The third-order valence-electron chi connectivity index (χ3n) is 4.71. The lowest BCUT2D eigenvalue weighted by Gasteiger charge is -2.22. The molecule has 2 heterocycles. The summed E-state index contributed by atoms with van der Waals surface area (Å²) in [6.45, 7) is -0.377. The summed E-state index contributed by atoms with van der Waals surface area (Å²) in [7, 11) is -3.98. The molecule has 2 aromatic carbocycles. The topological polar surface area (TPSA) is 87.7 Å². The quantitative estimate of drug-likeness (QED) is 0.489. The smallest absolute Gasteiger partial charge is 0.258 e. The van der Waals surface area contributed by atoms with Gasteiger partial charge in [-0.05, 0) is 23.3 Å². The minimum Gasteiger partial charge on any atom is -0.263 e. The number of hydrogen-bond donors (Lipinski definition) is 2. The van der Waals surface area contributed by atoms with Crippen LogP contribution in [-0.2, 0) is 10.0 Å². The molecule has 0 fully saturated rings. The summed E-state index contributed by atoms with van der Waals surface area (Å²) < 4.78 is 43.2. The molecule has 4 aromatic rings. The number of H-pyrrole nitrogens is 1. The Labute approximate surface area is 167 Å². The lowest BCUT2D eigenvalue weighted by atomic mass is 9.87. The van der Waals surface area contributed by atoms with E-state index in [1.807, 2.05) is 60.7 Å². The van der Waals surface area contributed by atoms with Gasteiger partial charge in [-0.1, -0.05) is 60.7 Å². The number of hydrogen-bond acceptors (Lipinski definition) is 4. The number of benzene rings is 2. The minimum atomic E-state index is -3.98. The molecule has 0 radical (unpaired) electrons. The van der Waals surface area contributed by atoms with Gasteiger partial charge in [-0.25, -0.2) is 22.5 Å². The first kappa shape index (κ1) is 19.2. The fourth-order valence-corrected chi connectivity index (χ4v) is 4.48. The summed E-state index contributed by atoms with van der Waals surface area (Å²) in [5.74, 6) is -0.597. The van der Waals surface area contributed by atoms with Crippen LogP contribution in [0.25, 0.3) is 11.0 Å². The Bertz CT molecular complexity index is 1160. The van der Waals surface area contributed by atoms with Crippen molar-refractivity contribution < 1.29 is 12.8 Å². The molecule has 1 unspecified atom stereocenters. The van der Waals surface area contributed by atoms with E-state index in [1.165, 1.54) is 6.20 Å². The summed E-state index contributed by atoms with van der Waals surface area (Å²) >= 11 is 0. The van der Waals surface area contributed by atoms with Gasteiger partial charge >= 0.3 is 0 Å². The van der Waals surface area contributed by atoms with Crippen molar-refractivity contribution in [2.45, 2.75) is 17.1 Å². The SMILES string of the molecule is O=S(=O)(NCC(F)C(c1ccccc1)c1ccccc1)c1[nH]nc2ncccc12. The molecule has 0 saturated heterocycles. The maximum absolute atomic E-state index is 15.4. The van der Waals surface area contributed by atoms with Crippen LogP contribution >= 0.6 is 0 Å². The van der Waals surface area contributed by atoms with Gasteiger partial charge in [-0.15, -0.1) is 0 Å². The van der Waals surface area contributed by atoms with Crippen LogP contribution in [0, 0.1) is 0 Å². The zero-order chi connectivity index (χ0) is 20.3. The maximum Gasteiger partial charge on any atom is 0.258 e. The molecule has 148 valence electrons. The normalized spacial score (nSPS) is 13.0. The van der Waals surface area contributed by atoms with Crippen LogP contribution in [-0.4, -0.2) is 36.3 Å². The van der Waals surface area contributed by atoms with Gasteiger partial charge < -0.3 is 0 Å². The molecule has 1 atom stereocenters. The summed E-state index contributed by atoms with van der Waals surface area (Å²) in [6, 6.07) is 21.7. The average Bonchev–Trinajstić information content (AvgIpc) is 3.19. The largest absolute Gasteiger partial charge is 0.263 e. The fourth-order valence-electron chi connectivity index (χ4n) is 3.34. The summed E-state index contributed by atoms with van der Waals surface area (Å²) in [4.78, 5) is 4.01. The molecule has 0 bridgehead atoms. The average molecular weight is 410 g/mol. The van der Waals surface area contributed by atoms with E-state index in [0.29, 0.717) is 5.39 Å². The van der Waals surface area contributed by atoms with E-state index < -0.39 is 22.1 Å². The molecule has 4 rings (SSSR count). The molecule has 8 heteroatoms. The first-order valence-electron chi connectivity index (χ1n) is 9.09. The molecule has 0 saturated carbocycles. The molecule has 0 aliphatic carbocycles.